The first kappa shape index (κ1) is 22.9. The van der Waals surface area contributed by atoms with E-state index in [4.69, 9.17) is 4.74 Å². The molecule has 0 aliphatic carbocycles. The fraction of sp³-hybridized carbons (Fsp3) is 0.522. The summed E-state index contributed by atoms with van der Waals surface area (Å²) in [6, 6.07) is 5.83. The molecule has 0 amide bonds. The minimum absolute atomic E-state index is 0.347. The van der Waals surface area contributed by atoms with Gasteiger partial charge in [-0.15, -0.1) is 0 Å². The molecule has 1 aliphatic heterocycles. The van der Waals surface area contributed by atoms with Gasteiger partial charge in [-0.3, -0.25) is 9.88 Å². The van der Waals surface area contributed by atoms with Crippen molar-refractivity contribution in [2.75, 3.05) is 39.4 Å². The van der Waals surface area contributed by atoms with Gasteiger partial charge < -0.3 is 4.74 Å². The molecule has 2 heterocycles. The van der Waals surface area contributed by atoms with Crippen LogP contribution in [0.1, 0.15) is 34.2 Å². The largest absolute Gasteiger partial charge is 0.379 e. The number of benzene rings is 1. The number of ether oxygens (including phenoxy) is 1. The number of rotatable bonds is 8. The van der Waals surface area contributed by atoms with Crippen LogP contribution in [0.25, 0.3) is 0 Å². The number of hydrogen-bond acceptors (Lipinski definition) is 5. The van der Waals surface area contributed by atoms with Crippen LogP contribution < -0.4 is 0 Å². The zero-order valence-corrected chi connectivity index (χ0v) is 19.3. The maximum Gasteiger partial charge on any atom is 0.243 e. The highest BCUT2D eigenvalue weighted by Crippen LogP contribution is 2.29. The van der Waals surface area contributed by atoms with Gasteiger partial charge in [0.1, 0.15) is 0 Å². The highest BCUT2D eigenvalue weighted by atomic mass is 32.2. The van der Waals surface area contributed by atoms with Crippen molar-refractivity contribution in [2.24, 2.45) is 0 Å². The summed E-state index contributed by atoms with van der Waals surface area (Å²) in [5.74, 6) is 0. The number of nitrogens with zero attached hydrogens (tertiary/aromatic N) is 3. The minimum Gasteiger partial charge on any atom is -0.379 e. The normalized spacial score (nSPS) is 15.6. The monoisotopic (exact) mass is 431 g/mol. The van der Waals surface area contributed by atoms with E-state index in [1.165, 1.54) is 0 Å². The summed E-state index contributed by atoms with van der Waals surface area (Å²) < 4.78 is 34.7. The summed E-state index contributed by atoms with van der Waals surface area (Å²) in [7, 11) is -3.64. The highest BCUT2D eigenvalue weighted by Gasteiger charge is 2.29. The van der Waals surface area contributed by atoms with E-state index in [1.807, 2.05) is 39.8 Å². The van der Waals surface area contributed by atoms with Crippen molar-refractivity contribution in [2.45, 2.75) is 45.6 Å². The van der Waals surface area contributed by atoms with Crippen LogP contribution in [0.15, 0.2) is 35.5 Å². The summed E-state index contributed by atoms with van der Waals surface area (Å²) in [4.78, 5) is 6.86. The highest BCUT2D eigenvalue weighted by molar-refractivity contribution is 7.89. The lowest BCUT2D eigenvalue weighted by molar-refractivity contribution is 0.0368. The van der Waals surface area contributed by atoms with E-state index in [1.54, 1.807) is 16.7 Å². The Morgan fingerprint density at radius 2 is 1.63 bits per heavy atom. The van der Waals surface area contributed by atoms with Gasteiger partial charge in [-0.2, -0.15) is 4.31 Å². The number of hydrogen-bond donors (Lipinski definition) is 0. The molecule has 3 rings (SSSR count). The average Bonchev–Trinajstić information content (AvgIpc) is 2.73. The van der Waals surface area contributed by atoms with Crippen LogP contribution in [-0.4, -0.2) is 62.0 Å². The topological polar surface area (TPSA) is 62.7 Å². The van der Waals surface area contributed by atoms with Crippen LogP contribution in [0, 0.1) is 27.7 Å². The van der Waals surface area contributed by atoms with E-state index < -0.39 is 10.0 Å². The SMILES string of the molecule is Cc1cc(C)c(C)c(S(=O)(=O)N(CCCN2CCOCC2)Cc2ccncc2)c1C. The van der Waals surface area contributed by atoms with Gasteiger partial charge in [-0.05, 0) is 80.6 Å². The maximum absolute atomic E-state index is 13.8. The second kappa shape index (κ2) is 10.0. The van der Waals surface area contributed by atoms with Crippen LogP contribution in [0.4, 0.5) is 0 Å². The number of aryl methyl sites for hydroxylation is 2. The van der Waals surface area contributed by atoms with Gasteiger partial charge in [0, 0.05) is 38.6 Å². The van der Waals surface area contributed by atoms with Gasteiger partial charge in [-0.25, -0.2) is 8.42 Å². The third-order valence-corrected chi connectivity index (χ3v) is 8.11. The van der Waals surface area contributed by atoms with Crippen molar-refractivity contribution in [3.63, 3.8) is 0 Å². The Kier molecular flexibility index (Phi) is 7.63. The molecule has 1 aliphatic rings. The zero-order valence-electron chi connectivity index (χ0n) is 18.5. The molecule has 1 saturated heterocycles. The van der Waals surface area contributed by atoms with Gasteiger partial charge in [0.25, 0.3) is 0 Å². The Bertz CT molecular complexity index is 929. The summed E-state index contributed by atoms with van der Waals surface area (Å²) >= 11 is 0. The Morgan fingerprint density at radius 1 is 1.03 bits per heavy atom. The van der Waals surface area contributed by atoms with Crippen LogP contribution in [-0.2, 0) is 21.3 Å². The molecule has 1 fully saturated rings. The molecule has 0 saturated carbocycles. The van der Waals surface area contributed by atoms with Gasteiger partial charge >= 0.3 is 0 Å². The molecular weight excluding hydrogens is 398 g/mol. The standard InChI is InChI=1S/C23H33N3O3S/c1-18-16-19(2)21(4)23(20(18)3)30(27,28)26(17-22-6-8-24-9-7-22)11-5-10-25-12-14-29-15-13-25/h6-9,16H,5,10-15,17H2,1-4H3. The summed E-state index contributed by atoms with van der Waals surface area (Å²) in [5, 5.41) is 0. The quantitative estimate of drug-likeness (QED) is 0.642. The molecule has 0 N–H and O–H groups in total. The lowest BCUT2D eigenvalue weighted by atomic mass is 10.0. The molecule has 164 valence electrons. The fourth-order valence-electron chi connectivity index (χ4n) is 3.97. The molecule has 1 aromatic carbocycles. The van der Waals surface area contributed by atoms with Gasteiger partial charge in [0.05, 0.1) is 18.1 Å². The van der Waals surface area contributed by atoms with Crippen LogP contribution in [0.3, 0.4) is 0 Å². The molecule has 30 heavy (non-hydrogen) atoms. The maximum atomic E-state index is 13.8. The Labute approximate surface area is 180 Å². The molecule has 7 heteroatoms. The Hall–Kier alpha value is -1.80. The molecule has 0 bridgehead atoms. The van der Waals surface area contributed by atoms with Crippen molar-refractivity contribution in [3.8, 4) is 0 Å². The van der Waals surface area contributed by atoms with Gasteiger partial charge in [0.15, 0.2) is 0 Å². The number of sulfonamides is 1. The molecule has 6 nitrogen and oxygen atoms in total. The van der Waals surface area contributed by atoms with E-state index in [-0.39, 0.29) is 0 Å². The molecule has 1 aromatic heterocycles. The average molecular weight is 432 g/mol. The van der Waals surface area contributed by atoms with Crippen LogP contribution in [0.2, 0.25) is 0 Å². The number of morpholine rings is 1. The molecule has 0 atom stereocenters. The predicted octanol–water partition coefficient (Wildman–Crippen LogP) is 3.23. The van der Waals surface area contributed by atoms with Crippen LogP contribution >= 0.6 is 0 Å². The smallest absolute Gasteiger partial charge is 0.243 e. The van der Waals surface area contributed by atoms with E-state index in [2.05, 4.69) is 16.0 Å². The molecular formula is C23H33N3O3S. The Balaban J connectivity index is 1.88. The third-order valence-electron chi connectivity index (χ3n) is 5.99. The summed E-state index contributed by atoms with van der Waals surface area (Å²) in [6.07, 6.45) is 4.20. The first-order valence-corrected chi connectivity index (χ1v) is 12.0. The van der Waals surface area contributed by atoms with Crippen molar-refractivity contribution in [1.82, 2.24) is 14.2 Å². The summed E-state index contributed by atoms with van der Waals surface area (Å²) in [6.45, 7) is 12.8. The Morgan fingerprint density at radius 3 is 2.23 bits per heavy atom. The van der Waals surface area contributed by atoms with Gasteiger partial charge in [0.2, 0.25) is 10.0 Å². The lowest BCUT2D eigenvalue weighted by Crippen LogP contribution is -2.39. The van der Waals surface area contributed by atoms with Crippen molar-refractivity contribution >= 4 is 10.0 Å². The molecule has 0 spiro atoms. The van der Waals surface area contributed by atoms with Crippen molar-refractivity contribution < 1.29 is 13.2 Å². The second-order valence-electron chi connectivity index (χ2n) is 8.09. The third kappa shape index (κ3) is 5.27. The van der Waals surface area contributed by atoms with E-state index in [9.17, 15) is 8.42 Å². The van der Waals surface area contributed by atoms with Crippen molar-refractivity contribution in [3.05, 3.63) is 58.4 Å². The molecule has 0 radical (unpaired) electrons. The molecule has 0 unspecified atom stereocenters. The fourth-order valence-corrected chi connectivity index (χ4v) is 6.01. The molecule has 2 aromatic rings. The number of pyridine rings is 1. The first-order valence-electron chi connectivity index (χ1n) is 10.6. The minimum atomic E-state index is -3.64. The predicted molar refractivity (Wildman–Crippen MR) is 119 cm³/mol. The lowest BCUT2D eigenvalue weighted by Gasteiger charge is -2.29. The zero-order chi connectivity index (χ0) is 21.7. The number of aromatic nitrogens is 1. The van der Waals surface area contributed by atoms with Crippen molar-refractivity contribution in [1.29, 1.82) is 0 Å². The first-order chi connectivity index (χ1) is 14.3. The summed E-state index contributed by atoms with van der Waals surface area (Å²) in [5.41, 5.74) is 4.64. The van der Waals surface area contributed by atoms with E-state index in [0.717, 1.165) is 67.1 Å². The van der Waals surface area contributed by atoms with E-state index >= 15 is 0 Å². The second-order valence-corrected chi connectivity index (χ2v) is 9.97. The van der Waals surface area contributed by atoms with E-state index in [0.29, 0.717) is 18.0 Å². The van der Waals surface area contributed by atoms with Gasteiger partial charge in [-0.1, -0.05) is 6.07 Å². The van der Waals surface area contributed by atoms with Crippen LogP contribution in [0.5, 0.6) is 0 Å².